The fourth-order valence-electron chi connectivity index (χ4n) is 5.59. The van der Waals surface area contributed by atoms with Crippen LogP contribution in [0.1, 0.15) is 22.7 Å². The van der Waals surface area contributed by atoms with Crippen LogP contribution in [0.2, 0.25) is 0 Å². The molecule has 10 nitrogen and oxygen atoms in total. The molecule has 1 unspecified atom stereocenters. The monoisotopic (exact) mass is 586 g/mol. The second kappa shape index (κ2) is 12.8. The molecule has 2 saturated heterocycles. The number of amides is 1. The van der Waals surface area contributed by atoms with Crippen LogP contribution < -0.4 is 18.9 Å². The zero-order valence-electron chi connectivity index (χ0n) is 24.0. The number of hydrogen-bond donors (Lipinski definition) is 1. The molecule has 3 heterocycles. The summed E-state index contributed by atoms with van der Waals surface area (Å²) < 4.78 is 28.5. The molecule has 6 rings (SSSR count). The number of carbonyl (C=O) groups excluding carboxylic acids is 2. The Bertz CT molecular complexity index is 1520. The minimum atomic E-state index is -0.841. The number of Topliss-reactive ketones (excluding diaryl/α,β-unsaturated/α-hetero) is 1. The first kappa shape index (κ1) is 28.6. The molecule has 0 aromatic heterocycles. The van der Waals surface area contributed by atoms with E-state index in [-0.39, 0.29) is 11.3 Å². The number of hydrogen-bond acceptors (Lipinski definition) is 9. The normalized spacial score (nSPS) is 19.8. The van der Waals surface area contributed by atoms with E-state index in [1.165, 1.54) is 4.90 Å². The molecule has 43 heavy (non-hydrogen) atoms. The Balaban J connectivity index is 1.36. The van der Waals surface area contributed by atoms with E-state index < -0.39 is 17.7 Å². The molecule has 224 valence electrons. The van der Waals surface area contributed by atoms with E-state index in [9.17, 15) is 14.7 Å². The van der Waals surface area contributed by atoms with Gasteiger partial charge in [0.15, 0.2) is 23.0 Å². The minimum absolute atomic E-state index is 0.00339. The van der Waals surface area contributed by atoms with Crippen LogP contribution in [0.25, 0.3) is 5.76 Å². The molecular weight excluding hydrogens is 552 g/mol. The van der Waals surface area contributed by atoms with Gasteiger partial charge in [0.25, 0.3) is 11.7 Å². The van der Waals surface area contributed by atoms with Crippen LogP contribution >= 0.6 is 0 Å². The van der Waals surface area contributed by atoms with Gasteiger partial charge < -0.3 is 33.7 Å². The molecule has 1 amide bonds. The molecule has 0 saturated carbocycles. The second-order valence-electron chi connectivity index (χ2n) is 10.5. The van der Waals surface area contributed by atoms with Crippen molar-refractivity contribution in [3.8, 4) is 23.0 Å². The van der Waals surface area contributed by atoms with Gasteiger partial charge in [-0.15, -0.1) is 0 Å². The van der Waals surface area contributed by atoms with Crippen molar-refractivity contribution in [1.82, 2.24) is 9.80 Å². The van der Waals surface area contributed by atoms with Crippen LogP contribution in [0.5, 0.6) is 23.0 Å². The van der Waals surface area contributed by atoms with Gasteiger partial charge in [0.1, 0.15) is 25.6 Å². The van der Waals surface area contributed by atoms with Crippen LogP contribution in [0.4, 0.5) is 0 Å². The largest absolute Gasteiger partial charge is 0.507 e. The van der Waals surface area contributed by atoms with Crippen molar-refractivity contribution in [3.05, 3.63) is 89.0 Å². The maximum absolute atomic E-state index is 13.6. The molecular formula is C33H34N2O8. The van der Waals surface area contributed by atoms with E-state index in [0.717, 1.165) is 18.7 Å². The molecule has 10 heteroatoms. The van der Waals surface area contributed by atoms with Gasteiger partial charge in [-0.25, -0.2) is 0 Å². The standard InChI is InChI=1S/C33H34N2O8/c1-39-27-19-23(7-9-25(27)43-21-22-5-3-2-4-6-22)30-29(31(36)24-8-10-26-28(20-24)42-18-17-41-26)32(37)33(38)35(30)12-11-34-13-15-40-16-14-34/h2-10,19-20,30,36H,11-18,21H2,1H3. The molecule has 0 bridgehead atoms. The van der Waals surface area contributed by atoms with Crippen LogP contribution in [0, 0.1) is 0 Å². The predicted octanol–water partition coefficient (Wildman–Crippen LogP) is 3.80. The van der Waals surface area contributed by atoms with Crippen molar-refractivity contribution < 1.29 is 38.4 Å². The lowest BCUT2D eigenvalue weighted by atomic mass is 9.94. The number of fused-ring (bicyclic) bond motifs is 1. The fraction of sp³-hybridized carbons (Fsp3) is 0.333. The predicted molar refractivity (Wildman–Crippen MR) is 157 cm³/mol. The Morgan fingerprint density at radius 1 is 0.884 bits per heavy atom. The molecule has 1 atom stereocenters. The highest BCUT2D eigenvalue weighted by molar-refractivity contribution is 6.46. The average Bonchev–Trinajstić information content (AvgIpc) is 3.31. The van der Waals surface area contributed by atoms with Crippen LogP contribution in [-0.4, -0.2) is 86.3 Å². The Morgan fingerprint density at radius 3 is 2.42 bits per heavy atom. The highest BCUT2D eigenvalue weighted by atomic mass is 16.6. The number of ketones is 1. The fourth-order valence-corrected chi connectivity index (χ4v) is 5.59. The Hall–Kier alpha value is -4.54. The lowest BCUT2D eigenvalue weighted by Crippen LogP contribution is -2.42. The number of aliphatic hydroxyl groups is 1. The lowest BCUT2D eigenvalue weighted by molar-refractivity contribution is -0.140. The van der Waals surface area contributed by atoms with Crippen molar-refractivity contribution in [2.75, 3.05) is 59.7 Å². The van der Waals surface area contributed by atoms with Gasteiger partial charge in [-0.3, -0.25) is 14.5 Å². The molecule has 0 spiro atoms. The van der Waals surface area contributed by atoms with E-state index in [2.05, 4.69) is 4.90 Å². The first-order chi connectivity index (χ1) is 21.0. The summed E-state index contributed by atoms with van der Waals surface area (Å²) in [6, 6.07) is 19.2. The Labute approximate surface area is 250 Å². The van der Waals surface area contributed by atoms with E-state index in [1.807, 2.05) is 30.3 Å². The summed E-state index contributed by atoms with van der Waals surface area (Å²) in [6.45, 7) is 4.73. The summed E-state index contributed by atoms with van der Waals surface area (Å²) in [5.41, 5.74) is 1.98. The van der Waals surface area contributed by atoms with Gasteiger partial charge >= 0.3 is 0 Å². The summed E-state index contributed by atoms with van der Waals surface area (Å²) in [4.78, 5) is 30.8. The van der Waals surface area contributed by atoms with Gasteiger partial charge in [0.05, 0.1) is 31.9 Å². The molecule has 3 aromatic carbocycles. The lowest BCUT2D eigenvalue weighted by Gasteiger charge is -2.31. The second-order valence-corrected chi connectivity index (χ2v) is 10.5. The molecule has 0 radical (unpaired) electrons. The zero-order valence-corrected chi connectivity index (χ0v) is 24.0. The average molecular weight is 587 g/mol. The van der Waals surface area contributed by atoms with E-state index >= 15 is 0 Å². The summed E-state index contributed by atoms with van der Waals surface area (Å²) >= 11 is 0. The van der Waals surface area contributed by atoms with Crippen molar-refractivity contribution in [1.29, 1.82) is 0 Å². The first-order valence-corrected chi connectivity index (χ1v) is 14.4. The maximum atomic E-state index is 13.6. The van der Waals surface area contributed by atoms with Crippen LogP contribution in [0.3, 0.4) is 0 Å². The number of likely N-dealkylation sites (tertiary alicyclic amines) is 1. The minimum Gasteiger partial charge on any atom is -0.507 e. The molecule has 3 aromatic rings. The zero-order chi connectivity index (χ0) is 29.8. The van der Waals surface area contributed by atoms with E-state index in [0.29, 0.717) is 80.2 Å². The molecule has 3 aliphatic heterocycles. The summed E-state index contributed by atoms with van der Waals surface area (Å²) in [7, 11) is 1.54. The number of methoxy groups -OCH3 is 1. The Morgan fingerprint density at radius 2 is 1.65 bits per heavy atom. The maximum Gasteiger partial charge on any atom is 0.295 e. The highest BCUT2D eigenvalue weighted by Crippen LogP contribution is 2.43. The van der Waals surface area contributed by atoms with Crippen molar-refractivity contribution >= 4 is 17.4 Å². The summed E-state index contributed by atoms with van der Waals surface area (Å²) in [5.74, 6) is 0.302. The van der Waals surface area contributed by atoms with Crippen molar-refractivity contribution in [2.24, 2.45) is 0 Å². The first-order valence-electron chi connectivity index (χ1n) is 14.4. The quantitative estimate of drug-likeness (QED) is 0.228. The molecule has 1 N–H and O–H groups in total. The van der Waals surface area contributed by atoms with E-state index in [4.69, 9.17) is 23.7 Å². The summed E-state index contributed by atoms with van der Waals surface area (Å²) in [5, 5.41) is 11.6. The van der Waals surface area contributed by atoms with Crippen molar-refractivity contribution in [2.45, 2.75) is 12.6 Å². The highest BCUT2D eigenvalue weighted by Gasteiger charge is 2.46. The third-order valence-electron chi connectivity index (χ3n) is 7.86. The third-order valence-corrected chi connectivity index (χ3v) is 7.86. The number of ether oxygens (including phenoxy) is 5. The van der Waals surface area contributed by atoms with Crippen LogP contribution in [-0.2, 0) is 20.9 Å². The number of morpholine rings is 1. The van der Waals surface area contributed by atoms with Gasteiger partial charge in [0, 0.05) is 31.7 Å². The van der Waals surface area contributed by atoms with Gasteiger partial charge in [-0.1, -0.05) is 36.4 Å². The Kier molecular flexibility index (Phi) is 8.48. The third kappa shape index (κ3) is 6.02. The number of rotatable bonds is 9. The smallest absolute Gasteiger partial charge is 0.295 e. The van der Waals surface area contributed by atoms with Gasteiger partial charge in [-0.2, -0.15) is 0 Å². The number of nitrogens with zero attached hydrogens (tertiary/aromatic N) is 2. The van der Waals surface area contributed by atoms with Gasteiger partial charge in [-0.05, 0) is 41.5 Å². The SMILES string of the molecule is COc1cc(C2C(=C(O)c3ccc4c(c3)OCCO4)C(=O)C(=O)N2CCN2CCOCC2)ccc1OCc1ccccc1. The van der Waals surface area contributed by atoms with Crippen LogP contribution in [0.15, 0.2) is 72.3 Å². The number of aliphatic hydroxyl groups excluding tert-OH is 1. The molecule has 2 fully saturated rings. The number of benzene rings is 3. The molecule has 3 aliphatic rings. The molecule has 0 aliphatic carbocycles. The number of carbonyl (C=O) groups is 2. The van der Waals surface area contributed by atoms with Crippen molar-refractivity contribution in [3.63, 3.8) is 0 Å². The topological polar surface area (TPSA) is 107 Å². The van der Waals surface area contributed by atoms with E-state index in [1.54, 1.807) is 43.5 Å². The van der Waals surface area contributed by atoms with Gasteiger partial charge in [0.2, 0.25) is 0 Å². The summed E-state index contributed by atoms with van der Waals surface area (Å²) in [6.07, 6.45) is 0.